The van der Waals surface area contributed by atoms with Gasteiger partial charge in [0, 0.05) is 28.3 Å². The molecule has 0 aliphatic heterocycles. The molecule has 8 rings (SSSR count). The minimum atomic E-state index is 0.768. The van der Waals surface area contributed by atoms with E-state index in [-0.39, 0.29) is 0 Å². The molecular weight excluding hydrogens is 536 g/mol. The van der Waals surface area contributed by atoms with Gasteiger partial charge in [-0.05, 0) is 89.0 Å². The van der Waals surface area contributed by atoms with E-state index in [9.17, 15) is 0 Å². The van der Waals surface area contributed by atoms with Crippen LogP contribution >= 0.6 is 0 Å². The summed E-state index contributed by atoms with van der Waals surface area (Å²) in [5.41, 5.74) is 10.7. The van der Waals surface area contributed by atoms with Crippen molar-refractivity contribution in [2.75, 3.05) is 5.32 Å². The molecule has 8 aromatic rings. The first-order valence-corrected chi connectivity index (χ1v) is 14.8. The molecule has 3 heterocycles. The van der Waals surface area contributed by atoms with Crippen LogP contribution in [0.1, 0.15) is 0 Å². The molecule has 0 aliphatic rings. The maximum Gasteiger partial charge on any atom is 0.131 e. The second kappa shape index (κ2) is 11.0. The standard InChI is InChI=1S/C40H28N4/c1-3-12-28(13-4-1)30-24-31(26-32(25-30)42-40-20-11-18-37(43-40)36-17-9-10-23-41-36)29-21-22-35-34-16-7-8-19-38(34)44(39(35)27-29)33-14-5-2-6-15-33/h1-27H,(H,42,43). The number of rotatable bonds is 6. The molecule has 1 N–H and O–H groups in total. The molecule has 0 radical (unpaired) electrons. The summed E-state index contributed by atoms with van der Waals surface area (Å²) in [6.45, 7) is 0. The Morgan fingerprint density at radius 2 is 1.16 bits per heavy atom. The van der Waals surface area contributed by atoms with Crippen LogP contribution in [-0.4, -0.2) is 14.5 Å². The number of aromatic nitrogens is 3. The average Bonchev–Trinajstić information content (AvgIpc) is 3.43. The summed E-state index contributed by atoms with van der Waals surface area (Å²) in [6.07, 6.45) is 1.79. The fraction of sp³-hybridized carbons (Fsp3) is 0. The third-order valence-corrected chi connectivity index (χ3v) is 8.01. The Morgan fingerprint density at radius 3 is 1.98 bits per heavy atom. The van der Waals surface area contributed by atoms with Crippen LogP contribution in [0.4, 0.5) is 11.5 Å². The van der Waals surface area contributed by atoms with Crippen LogP contribution in [-0.2, 0) is 0 Å². The minimum absolute atomic E-state index is 0.768. The van der Waals surface area contributed by atoms with E-state index in [1.165, 1.54) is 21.8 Å². The third kappa shape index (κ3) is 4.79. The molecule has 0 saturated carbocycles. The van der Waals surface area contributed by atoms with E-state index >= 15 is 0 Å². The first-order chi connectivity index (χ1) is 21.8. The summed E-state index contributed by atoms with van der Waals surface area (Å²) < 4.78 is 2.36. The molecule has 0 bridgehead atoms. The third-order valence-electron chi connectivity index (χ3n) is 8.01. The van der Waals surface area contributed by atoms with E-state index in [0.717, 1.165) is 50.8 Å². The lowest BCUT2D eigenvalue weighted by atomic mass is 9.97. The molecule has 4 nitrogen and oxygen atoms in total. The van der Waals surface area contributed by atoms with Crippen LogP contribution in [0.15, 0.2) is 164 Å². The van der Waals surface area contributed by atoms with Crippen molar-refractivity contribution in [1.29, 1.82) is 0 Å². The van der Waals surface area contributed by atoms with Crippen molar-refractivity contribution in [2.45, 2.75) is 0 Å². The van der Waals surface area contributed by atoms with Crippen LogP contribution in [0.25, 0.3) is 61.1 Å². The maximum absolute atomic E-state index is 4.88. The summed E-state index contributed by atoms with van der Waals surface area (Å²) in [4.78, 5) is 9.36. The fourth-order valence-corrected chi connectivity index (χ4v) is 5.98. The van der Waals surface area contributed by atoms with Crippen LogP contribution in [0.5, 0.6) is 0 Å². The van der Waals surface area contributed by atoms with Gasteiger partial charge in [0.1, 0.15) is 5.82 Å². The van der Waals surface area contributed by atoms with Crippen LogP contribution in [0.2, 0.25) is 0 Å². The lowest BCUT2D eigenvalue weighted by Crippen LogP contribution is -1.97. The highest BCUT2D eigenvalue weighted by atomic mass is 15.0. The second-order valence-corrected chi connectivity index (χ2v) is 10.8. The predicted molar refractivity (Wildman–Crippen MR) is 182 cm³/mol. The van der Waals surface area contributed by atoms with E-state index in [2.05, 4.69) is 136 Å². The van der Waals surface area contributed by atoms with Gasteiger partial charge in [-0.3, -0.25) is 4.98 Å². The molecule has 0 fully saturated rings. The molecular formula is C40H28N4. The maximum atomic E-state index is 4.88. The summed E-state index contributed by atoms with van der Waals surface area (Å²) in [6, 6.07) is 55.1. The van der Waals surface area contributed by atoms with Gasteiger partial charge in [-0.15, -0.1) is 0 Å². The van der Waals surface area contributed by atoms with E-state index in [1.54, 1.807) is 6.20 Å². The van der Waals surface area contributed by atoms with E-state index in [0.29, 0.717) is 0 Å². The average molecular weight is 565 g/mol. The highest BCUT2D eigenvalue weighted by Crippen LogP contribution is 2.37. The predicted octanol–water partition coefficient (Wildman–Crippen LogP) is 10.3. The van der Waals surface area contributed by atoms with Gasteiger partial charge in [0.15, 0.2) is 0 Å². The first kappa shape index (κ1) is 25.7. The summed E-state index contributed by atoms with van der Waals surface area (Å²) in [7, 11) is 0. The molecule has 3 aromatic heterocycles. The van der Waals surface area contributed by atoms with E-state index in [4.69, 9.17) is 4.98 Å². The summed E-state index contributed by atoms with van der Waals surface area (Å²) in [5.74, 6) is 0.768. The Bertz CT molecular complexity index is 2240. The first-order valence-electron chi connectivity index (χ1n) is 14.8. The highest BCUT2D eigenvalue weighted by molar-refractivity contribution is 6.10. The number of hydrogen-bond acceptors (Lipinski definition) is 3. The minimum Gasteiger partial charge on any atom is -0.340 e. The van der Waals surface area contributed by atoms with E-state index in [1.807, 2.05) is 36.4 Å². The molecule has 208 valence electrons. The SMILES string of the molecule is c1ccc(-c2cc(Nc3cccc(-c4ccccn4)n3)cc(-c3ccc4c5ccccc5n(-c5ccccc5)c4c3)c2)cc1. The number of benzene rings is 5. The number of nitrogens with one attached hydrogen (secondary N) is 1. The van der Waals surface area contributed by atoms with Gasteiger partial charge in [0.2, 0.25) is 0 Å². The van der Waals surface area contributed by atoms with Crippen molar-refractivity contribution in [1.82, 2.24) is 14.5 Å². The van der Waals surface area contributed by atoms with Gasteiger partial charge in [-0.1, -0.05) is 91.0 Å². The Balaban J connectivity index is 1.27. The number of nitrogens with zero attached hydrogens (tertiary/aromatic N) is 3. The monoisotopic (exact) mass is 564 g/mol. The molecule has 44 heavy (non-hydrogen) atoms. The zero-order chi connectivity index (χ0) is 29.3. The molecule has 0 spiro atoms. The van der Waals surface area contributed by atoms with Gasteiger partial charge < -0.3 is 9.88 Å². The fourth-order valence-electron chi connectivity index (χ4n) is 5.98. The molecule has 0 atom stereocenters. The lowest BCUT2D eigenvalue weighted by molar-refractivity contribution is 1.18. The van der Waals surface area contributed by atoms with Crippen LogP contribution in [0.3, 0.4) is 0 Å². The van der Waals surface area contributed by atoms with Crippen LogP contribution < -0.4 is 5.32 Å². The van der Waals surface area contributed by atoms with Crippen molar-refractivity contribution in [3.63, 3.8) is 0 Å². The van der Waals surface area contributed by atoms with Gasteiger partial charge in [0.05, 0.1) is 22.4 Å². The van der Waals surface area contributed by atoms with Crippen molar-refractivity contribution < 1.29 is 0 Å². The number of hydrogen-bond donors (Lipinski definition) is 1. The van der Waals surface area contributed by atoms with Crippen LogP contribution in [0, 0.1) is 0 Å². The normalized spacial score (nSPS) is 11.2. The van der Waals surface area contributed by atoms with E-state index < -0.39 is 0 Å². The molecule has 0 amide bonds. The lowest BCUT2D eigenvalue weighted by Gasteiger charge is -2.14. The van der Waals surface area contributed by atoms with Gasteiger partial charge >= 0.3 is 0 Å². The number of pyridine rings is 2. The molecule has 4 heteroatoms. The Labute approximate surface area is 255 Å². The van der Waals surface area contributed by atoms with Gasteiger partial charge in [-0.2, -0.15) is 0 Å². The number of anilines is 2. The highest BCUT2D eigenvalue weighted by Gasteiger charge is 2.14. The quantitative estimate of drug-likeness (QED) is 0.218. The number of fused-ring (bicyclic) bond motifs is 3. The smallest absolute Gasteiger partial charge is 0.131 e. The topological polar surface area (TPSA) is 42.7 Å². The van der Waals surface area contributed by atoms with Crippen molar-refractivity contribution >= 4 is 33.3 Å². The largest absolute Gasteiger partial charge is 0.340 e. The summed E-state index contributed by atoms with van der Waals surface area (Å²) >= 11 is 0. The number of para-hydroxylation sites is 2. The Kier molecular flexibility index (Phi) is 6.43. The zero-order valence-corrected chi connectivity index (χ0v) is 23.9. The summed E-state index contributed by atoms with van der Waals surface area (Å²) in [5, 5.41) is 6.07. The van der Waals surface area contributed by atoms with Crippen molar-refractivity contribution in [3.05, 3.63) is 164 Å². The van der Waals surface area contributed by atoms with Crippen molar-refractivity contribution in [3.8, 4) is 39.3 Å². The van der Waals surface area contributed by atoms with Gasteiger partial charge in [0.25, 0.3) is 0 Å². The zero-order valence-electron chi connectivity index (χ0n) is 23.9. The molecule has 0 aliphatic carbocycles. The Morgan fingerprint density at radius 1 is 0.455 bits per heavy atom. The molecule has 0 saturated heterocycles. The van der Waals surface area contributed by atoms with Gasteiger partial charge in [-0.25, -0.2) is 4.98 Å². The molecule has 5 aromatic carbocycles. The van der Waals surface area contributed by atoms with Crippen molar-refractivity contribution in [2.24, 2.45) is 0 Å². The second-order valence-electron chi connectivity index (χ2n) is 10.8. The molecule has 0 unspecified atom stereocenters. The Hall–Kier alpha value is -6.00.